The van der Waals surface area contributed by atoms with Gasteiger partial charge in [0, 0.05) is 25.8 Å². The zero-order valence-corrected chi connectivity index (χ0v) is 12.8. The van der Waals surface area contributed by atoms with Gasteiger partial charge in [0.1, 0.15) is 0 Å². The van der Waals surface area contributed by atoms with Crippen molar-refractivity contribution in [2.45, 2.75) is 19.3 Å². The largest absolute Gasteiger partial charge is 0.310 e. The average molecular weight is 309 g/mol. The molecule has 3 rings (SSSR count). The summed E-state index contributed by atoms with van der Waals surface area (Å²) in [4.78, 5) is 18.6. The van der Waals surface area contributed by atoms with Crippen LogP contribution in [0, 0.1) is 5.41 Å². The minimum atomic E-state index is -3.24. The van der Waals surface area contributed by atoms with Crippen LogP contribution >= 0.6 is 0 Å². The van der Waals surface area contributed by atoms with Crippen LogP contribution in [0.4, 0.5) is 5.69 Å². The lowest BCUT2D eigenvalue weighted by molar-refractivity contribution is -0.127. The Hall–Kier alpha value is -1.47. The van der Waals surface area contributed by atoms with Gasteiger partial charge in [-0.1, -0.05) is 0 Å². The number of hydrogen-bond acceptors (Lipinski definition) is 4. The highest BCUT2D eigenvalue weighted by Gasteiger charge is 2.50. The van der Waals surface area contributed by atoms with Gasteiger partial charge < -0.3 is 4.90 Å². The second-order valence-electron chi connectivity index (χ2n) is 5.90. The molecule has 2 aliphatic heterocycles. The molecule has 114 valence electrons. The third kappa shape index (κ3) is 2.55. The van der Waals surface area contributed by atoms with E-state index in [4.69, 9.17) is 0 Å². The lowest BCUT2D eigenvalue weighted by Crippen LogP contribution is -2.49. The fourth-order valence-electron chi connectivity index (χ4n) is 3.33. The topological polar surface area (TPSA) is 70.6 Å². The number of pyridine rings is 1. The molecule has 3 heterocycles. The van der Waals surface area contributed by atoms with Crippen LogP contribution in [-0.2, 0) is 14.8 Å². The Morgan fingerprint density at radius 3 is 2.76 bits per heavy atom. The number of hydrogen-bond donors (Lipinski definition) is 0. The molecule has 1 unspecified atom stereocenters. The van der Waals surface area contributed by atoms with E-state index >= 15 is 0 Å². The van der Waals surface area contributed by atoms with Gasteiger partial charge in [-0.05, 0) is 31.4 Å². The van der Waals surface area contributed by atoms with Gasteiger partial charge in [0.15, 0.2) is 0 Å². The molecule has 6 nitrogen and oxygen atoms in total. The van der Waals surface area contributed by atoms with Crippen LogP contribution in [0.3, 0.4) is 0 Å². The van der Waals surface area contributed by atoms with Gasteiger partial charge >= 0.3 is 0 Å². The van der Waals surface area contributed by atoms with Gasteiger partial charge in [-0.15, -0.1) is 0 Å². The van der Waals surface area contributed by atoms with E-state index in [-0.39, 0.29) is 5.91 Å². The first-order valence-electron chi connectivity index (χ1n) is 7.10. The van der Waals surface area contributed by atoms with Crippen LogP contribution in [0.25, 0.3) is 0 Å². The van der Waals surface area contributed by atoms with Crippen molar-refractivity contribution in [3.63, 3.8) is 0 Å². The highest BCUT2D eigenvalue weighted by atomic mass is 32.2. The molecule has 2 aliphatic rings. The van der Waals surface area contributed by atoms with E-state index in [1.807, 2.05) is 6.07 Å². The van der Waals surface area contributed by atoms with Gasteiger partial charge in [-0.3, -0.25) is 9.78 Å². The maximum atomic E-state index is 12.8. The summed E-state index contributed by atoms with van der Waals surface area (Å²) in [5.74, 6) is 0.0313. The Balaban J connectivity index is 1.85. The third-order valence-corrected chi connectivity index (χ3v) is 5.73. The summed E-state index contributed by atoms with van der Waals surface area (Å²) in [5.41, 5.74) is 0.229. The predicted octanol–water partition coefficient (Wildman–Crippen LogP) is 0.860. The standard InChI is InChI=1S/C14H19N3O3S/c1-21(19,20)16-8-3-5-14(11-16)6-9-17(13(14)18)12-4-2-7-15-10-12/h2,4,7,10H,3,5-6,8-9,11H2,1H3. The van der Waals surface area contributed by atoms with E-state index in [1.165, 1.54) is 10.6 Å². The first kappa shape index (κ1) is 14.5. The summed E-state index contributed by atoms with van der Waals surface area (Å²) in [6.45, 7) is 1.45. The van der Waals surface area contributed by atoms with Crippen molar-refractivity contribution in [2.75, 3.05) is 30.8 Å². The van der Waals surface area contributed by atoms with Crippen molar-refractivity contribution in [2.24, 2.45) is 5.41 Å². The maximum Gasteiger partial charge on any atom is 0.234 e. The fourth-order valence-corrected chi connectivity index (χ4v) is 4.27. The maximum absolute atomic E-state index is 12.8. The van der Waals surface area contributed by atoms with E-state index in [2.05, 4.69) is 4.98 Å². The number of amides is 1. The summed E-state index contributed by atoms with van der Waals surface area (Å²) in [6, 6.07) is 3.67. The highest BCUT2D eigenvalue weighted by Crippen LogP contribution is 2.42. The molecular formula is C14H19N3O3S. The van der Waals surface area contributed by atoms with Crippen LogP contribution in [-0.4, -0.2) is 49.5 Å². The van der Waals surface area contributed by atoms with Gasteiger partial charge in [-0.25, -0.2) is 12.7 Å². The number of carbonyl (C=O) groups excluding carboxylic acids is 1. The van der Waals surface area contributed by atoms with Crippen molar-refractivity contribution in [3.8, 4) is 0 Å². The minimum Gasteiger partial charge on any atom is -0.310 e. The molecule has 0 aliphatic carbocycles. The molecule has 21 heavy (non-hydrogen) atoms. The summed E-state index contributed by atoms with van der Waals surface area (Å²) in [6.07, 6.45) is 6.76. The molecule has 2 saturated heterocycles. The number of aromatic nitrogens is 1. The summed E-state index contributed by atoms with van der Waals surface area (Å²) in [7, 11) is -3.24. The molecule has 1 spiro atoms. The SMILES string of the molecule is CS(=O)(=O)N1CCCC2(CCN(c3cccnc3)C2=O)C1. The normalized spacial score (nSPS) is 27.5. The molecule has 1 aromatic rings. The van der Waals surface area contributed by atoms with E-state index in [0.717, 1.165) is 18.5 Å². The second kappa shape index (κ2) is 5.06. The first-order chi connectivity index (χ1) is 9.92. The summed E-state index contributed by atoms with van der Waals surface area (Å²) < 4.78 is 25.0. The van der Waals surface area contributed by atoms with Crippen LogP contribution in [0.1, 0.15) is 19.3 Å². The van der Waals surface area contributed by atoms with Gasteiger partial charge in [0.2, 0.25) is 15.9 Å². The third-order valence-electron chi connectivity index (χ3n) is 4.48. The van der Waals surface area contributed by atoms with Gasteiger partial charge in [0.25, 0.3) is 0 Å². The molecule has 2 fully saturated rings. The molecule has 0 aromatic carbocycles. The quantitative estimate of drug-likeness (QED) is 0.812. The Kier molecular flexibility index (Phi) is 3.49. The van der Waals surface area contributed by atoms with E-state index in [1.54, 1.807) is 23.4 Å². The Bertz CT molecular complexity index is 647. The van der Waals surface area contributed by atoms with Crippen LogP contribution in [0.5, 0.6) is 0 Å². The molecule has 1 amide bonds. The zero-order chi connectivity index (χ0) is 15.1. The Labute approximate surface area is 124 Å². The van der Waals surface area contributed by atoms with Crippen molar-refractivity contribution >= 4 is 21.6 Å². The Morgan fingerprint density at radius 2 is 2.10 bits per heavy atom. The van der Waals surface area contributed by atoms with Crippen molar-refractivity contribution in [1.29, 1.82) is 0 Å². The summed E-state index contributed by atoms with van der Waals surface area (Å²) in [5, 5.41) is 0. The number of rotatable bonds is 2. The van der Waals surface area contributed by atoms with Crippen molar-refractivity contribution in [3.05, 3.63) is 24.5 Å². The number of carbonyl (C=O) groups is 1. The van der Waals surface area contributed by atoms with Crippen LogP contribution < -0.4 is 4.90 Å². The molecule has 0 N–H and O–H groups in total. The molecular weight excluding hydrogens is 290 g/mol. The smallest absolute Gasteiger partial charge is 0.234 e. The van der Waals surface area contributed by atoms with E-state index in [0.29, 0.717) is 26.1 Å². The fraction of sp³-hybridized carbons (Fsp3) is 0.571. The molecule has 1 atom stereocenters. The lowest BCUT2D eigenvalue weighted by Gasteiger charge is -2.37. The number of piperidine rings is 1. The highest BCUT2D eigenvalue weighted by molar-refractivity contribution is 7.88. The molecule has 7 heteroatoms. The first-order valence-corrected chi connectivity index (χ1v) is 8.94. The Morgan fingerprint density at radius 1 is 1.29 bits per heavy atom. The molecule has 0 saturated carbocycles. The molecule has 0 radical (unpaired) electrons. The molecule has 0 bridgehead atoms. The predicted molar refractivity (Wildman–Crippen MR) is 79.3 cm³/mol. The van der Waals surface area contributed by atoms with Crippen molar-refractivity contribution in [1.82, 2.24) is 9.29 Å². The van der Waals surface area contributed by atoms with Gasteiger partial charge in [-0.2, -0.15) is 0 Å². The summed E-state index contributed by atoms with van der Waals surface area (Å²) >= 11 is 0. The monoisotopic (exact) mass is 309 g/mol. The lowest BCUT2D eigenvalue weighted by atomic mass is 9.79. The zero-order valence-electron chi connectivity index (χ0n) is 12.0. The van der Waals surface area contributed by atoms with E-state index in [9.17, 15) is 13.2 Å². The second-order valence-corrected chi connectivity index (χ2v) is 7.88. The molecule has 1 aromatic heterocycles. The van der Waals surface area contributed by atoms with Crippen LogP contribution in [0.15, 0.2) is 24.5 Å². The van der Waals surface area contributed by atoms with Gasteiger partial charge in [0.05, 0.1) is 23.6 Å². The van der Waals surface area contributed by atoms with E-state index < -0.39 is 15.4 Å². The average Bonchev–Trinajstić information content (AvgIpc) is 2.76. The van der Waals surface area contributed by atoms with Crippen molar-refractivity contribution < 1.29 is 13.2 Å². The minimum absolute atomic E-state index is 0.0313. The number of sulfonamides is 1. The van der Waals surface area contributed by atoms with Crippen LogP contribution in [0.2, 0.25) is 0 Å². The number of anilines is 1. The number of nitrogens with zero attached hydrogens (tertiary/aromatic N) is 3.